The molecule has 0 fully saturated rings. The fourth-order valence-electron chi connectivity index (χ4n) is 2.88. The van der Waals surface area contributed by atoms with Crippen LogP contribution in [0.5, 0.6) is 0 Å². The van der Waals surface area contributed by atoms with E-state index in [-0.39, 0.29) is 6.42 Å². The van der Waals surface area contributed by atoms with Crippen molar-refractivity contribution < 1.29 is 22.5 Å². The van der Waals surface area contributed by atoms with Gasteiger partial charge in [0.2, 0.25) is 0 Å². The Morgan fingerprint density at radius 3 is 1.46 bits per heavy atom. The zero-order chi connectivity index (χ0) is 19.7. The average Bonchev–Trinajstić information content (AvgIpc) is 2.57. The standard InChI is InChI=1S/C20H40O5S/c1-3-4-5-6-7-8-9-10-11-12-13-14-15-16-17-18-20(22)25-26(23,24)19(2)21/h19,21H,3-18H2,1-2H3. The number of hydrogen-bond acceptors (Lipinski definition) is 5. The van der Waals surface area contributed by atoms with E-state index in [0.717, 1.165) is 26.2 Å². The van der Waals surface area contributed by atoms with E-state index in [0.29, 0.717) is 6.42 Å². The van der Waals surface area contributed by atoms with Gasteiger partial charge < -0.3 is 9.29 Å². The van der Waals surface area contributed by atoms with Gasteiger partial charge in [0.05, 0.1) is 0 Å². The van der Waals surface area contributed by atoms with Crippen LogP contribution in [0.4, 0.5) is 0 Å². The maximum Gasteiger partial charge on any atom is 0.338 e. The monoisotopic (exact) mass is 392 g/mol. The van der Waals surface area contributed by atoms with Crippen molar-refractivity contribution in [2.75, 3.05) is 0 Å². The normalized spacial score (nSPS) is 12.9. The highest BCUT2D eigenvalue weighted by molar-refractivity contribution is 7.87. The summed E-state index contributed by atoms with van der Waals surface area (Å²) in [7, 11) is -4.16. The van der Waals surface area contributed by atoms with Crippen molar-refractivity contribution in [1.82, 2.24) is 0 Å². The van der Waals surface area contributed by atoms with Gasteiger partial charge >= 0.3 is 16.1 Å². The van der Waals surface area contributed by atoms with Gasteiger partial charge in [-0.15, -0.1) is 0 Å². The van der Waals surface area contributed by atoms with Crippen LogP contribution in [-0.2, 0) is 19.1 Å². The summed E-state index contributed by atoms with van der Waals surface area (Å²) in [5.41, 5.74) is -1.67. The summed E-state index contributed by atoms with van der Waals surface area (Å²) in [6.07, 6.45) is 18.6. The molecule has 156 valence electrons. The molecule has 0 amide bonds. The second-order valence-electron chi connectivity index (χ2n) is 7.25. The number of aliphatic hydroxyl groups is 1. The molecule has 0 radical (unpaired) electrons. The van der Waals surface area contributed by atoms with Crippen molar-refractivity contribution in [3.63, 3.8) is 0 Å². The maximum absolute atomic E-state index is 11.4. The number of carbonyl (C=O) groups is 1. The van der Waals surface area contributed by atoms with Gasteiger partial charge in [0, 0.05) is 6.42 Å². The molecular formula is C20H40O5S. The van der Waals surface area contributed by atoms with Crippen molar-refractivity contribution in [2.45, 2.75) is 122 Å². The molecular weight excluding hydrogens is 352 g/mol. The van der Waals surface area contributed by atoms with Gasteiger partial charge in [0.15, 0.2) is 5.44 Å². The molecule has 0 heterocycles. The first-order valence-electron chi connectivity index (χ1n) is 10.5. The third-order valence-corrected chi connectivity index (χ3v) is 5.87. The van der Waals surface area contributed by atoms with Crippen LogP contribution in [0, 0.1) is 0 Å². The van der Waals surface area contributed by atoms with E-state index >= 15 is 0 Å². The van der Waals surface area contributed by atoms with E-state index in [4.69, 9.17) is 5.11 Å². The zero-order valence-electron chi connectivity index (χ0n) is 16.9. The highest BCUT2D eigenvalue weighted by atomic mass is 32.2. The lowest BCUT2D eigenvalue weighted by atomic mass is 10.0. The summed E-state index contributed by atoms with van der Waals surface area (Å²) in [4.78, 5) is 11.4. The summed E-state index contributed by atoms with van der Waals surface area (Å²) < 4.78 is 26.7. The zero-order valence-corrected chi connectivity index (χ0v) is 17.7. The lowest BCUT2D eigenvalue weighted by Gasteiger charge is -2.07. The summed E-state index contributed by atoms with van der Waals surface area (Å²) in [6, 6.07) is 0. The summed E-state index contributed by atoms with van der Waals surface area (Å²) >= 11 is 0. The molecule has 1 N–H and O–H groups in total. The van der Waals surface area contributed by atoms with Crippen LogP contribution >= 0.6 is 0 Å². The van der Waals surface area contributed by atoms with E-state index in [1.165, 1.54) is 70.6 Å². The van der Waals surface area contributed by atoms with Gasteiger partial charge in [0.25, 0.3) is 0 Å². The van der Waals surface area contributed by atoms with Crippen LogP contribution in [0.25, 0.3) is 0 Å². The average molecular weight is 393 g/mol. The molecule has 6 heteroatoms. The van der Waals surface area contributed by atoms with Gasteiger partial charge in [-0.2, -0.15) is 8.42 Å². The Bertz CT molecular complexity index is 431. The third-order valence-electron chi connectivity index (χ3n) is 4.61. The van der Waals surface area contributed by atoms with Crippen LogP contribution in [0.15, 0.2) is 0 Å². The topological polar surface area (TPSA) is 80.7 Å². The van der Waals surface area contributed by atoms with Gasteiger partial charge in [-0.05, 0) is 13.3 Å². The SMILES string of the molecule is CCCCCCCCCCCCCCCCCC(=O)OS(=O)(=O)C(C)O. The van der Waals surface area contributed by atoms with Gasteiger partial charge in [-0.1, -0.05) is 96.8 Å². The van der Waals surface area contributed by atoms with Crippen LogP contribution in [0.1, 0.15) is 117 Å². The lowest BCUT2D eigenvalue weighted by molar-refractivity contribution is -0.134. The molecule has 0 bridgehead atoms. The quantitative estimate of drug-likeness (QED) is 0.247. The predicted octanol–water partition coefficient (Wildman–Crippen LogP) is 5.46. The molecule has 0 rings (SSSR count). The van der Waals surface area contributed by atoms with E-state index in [1.807, 2.05) is 0 Å². The smallest absolute Gasteiger partial charge is 0.338 e. The highest BCUT2D eigenvalue weighted by Crippen LogP contribution is 2.14. The number of carbonyl (C=O) groups excluding carboxylic acids is 1. The minimum atomic E-state index is -4.16. The lowest BCUT2D eigenvalue weighted by Crippen LogP contribution is -2.23. The molecule has 0 spiro atoms. The molecule has 0 aliphatic carbocycles. The fraction of sp³-hybridized carbons (Fsp3) is 0.950. The van der Waals surface area contributed by atoms with Crippen LogP contribution in [-0.4, -0.2) is 24.9 Å². The molecule has 0 aromatic heterocycles. The minimum Gasteiger partial charge on any atom is -0.374 e. The number of unbranched alkanes of at least 4 members (excludes halogenated alkanes) is 14. The molecule has 0 aromatic carbocycles. The third kappa shape index (κ3) is 15.6. The Morgan fingerprint density at radius 2 is 1.12 bits per heavy atom. The molecule has 5 nitrogen and oxygen atoms in total. The molecule has 0 aliphatic heterocycles. The van der Waals surface area contributed by atoms with Crippen LogP contribution in [0.2, 0.25) is 0 Å². The van der Waals surface area contributed by atoms with Crippen molar-refractivity contribution in [1.29, 1.82) is 0 Å². The molecule has 0 aromatic rings. The Labute approximate surface area is 161 Å². The first-order valence-corrected chi connectivity index (χ1v) is 12.0. The summed E-state index contributed by atoms with van der Waals surface area (Å²) in [5.74, 6) is -0.777. The number of hydrogen-bond donors (Lipinski definition) is 1. The minimum absolute atomic E-state index is 0.0875. The first kappa shape index (κ1) is 25.4. The second kappa shape index (κ2) is 16.5. The van der Waals surface area contributed by atoms with Crippen molar-refractivity contribution in [3.8, 4) is 0 Å². The van der Waals surface area contributed by atoms with Crippen molar-refractivity contribution >= 4 is 16.1 Å². The molecule has 0 saturated heterocycles. The Balaban J connectivity index is 3.30. The molecule has 26 heavy (non-hydrogen) atoms. The maximum atomic E-state index is 11.4. The van der Waals surface area contributed by atoms with Crippen LogP contribution in [0.3, 0.4) is 0 Å². The van der Waals surface area contributed by atoms with Crippen LogP contribution < -0.4 is 0 Å². The Hall–Kier alpha value is -0.620. The van der Waals surface area contributed by atoms with E-state index in [9.17, 15) is 13.2 Å². The number of aliphatic hydroxyl groups excluding tert-OH is 1. The van der Waals surface area contributed by atoms with Gasteiger partial charge in [-0.3, -0.25) is 4.79 Å². The van der Waals surface area contributed by atoms with E-state index < -0.39 is 21.5 Å². The molecule has 1 unspecified atom stereocenters. The Morgan fingerprint density at radius 1 is 0.769 bits per heavy atom. The number of rotatable bonds is 18. The highest BCUT2D eigenvalue weighted by Gasteiger charge is 2.22. The second-order valence-corrected chi connectivity index (χ2v) is 9.08. The summed E-state index contributed by atoms with van der Waals surface area (Å²) in [6.45, 7) is 3.32. The largest absolute Gasteiger partial charge is 0.374 e. The van der Waals surface area contributed by atoms with E-state index in [1.54, 1.807) is 0 Å². The Kier molecular flexibility index (Phi) is 16.2. The van der Waals surface area contributed by atoms with Gasteiger partial charge in [0.1, 0.15) is 0 Å². The van der Waals surface area contributed by atoms with Crippen molar-refractivity contribution in [2.24, 2.45) is 0 Å². The predicted molar refractivity (Wildman–Crippen MR) is 106 cm³/mol. The molecule has 1 atom stereocenters. The molecule has 0 aliphatic rings. The molecule has 0 saturated carbocycles. The summed E-state index contributed by atoms with van der Waals surface area (Å²) in [5, 5.41) is 8.97. The first-order chi connectivity index (χ1) is 12.4. The van der Waals surface area contributed by atoms with Gasteiger partial charge in [-0.25, -0.2) is 0 Å². The van der Waals surface area contributed by atoms with Crippen molar-refractivity contribution in [3.05, 3.63) is 0 Å². The fourth-order valence-corrected chi connectivity index (χ4v) is 3.36. The van der Waals surface area contributed by atoms with E-state index in [2.05, 4.69) is 11.1 Å².